The molecule has 1 atom stereocenters. The Morgan fingerprint density at radius 3 is 1.73 bits per heavy atom. The van der Waals surface area contributed by atoms with Crippen molar-refractivity contribution < 1.29 is 0 Å². The van der Waals surface area contributed by atoms with Crippen LogP contribution >= 0.6 is 0 Å². The van der Waals surface area contributed by atoms with Gasteiger partial charge in [-0.1, -0.05) is 127 Å². The first-order valence-corrected chi connectivity index (χ1v) is 15.4. The summed E-state index contributed by atoms with van der Waals surface area (Å²) in [6.07, 6.45) is 8.04. The number of benzene rings is 6. The van der Waals surface area contributed by atoms with Gasteiger partial charge in [-0.05, 0) is 65.1 Å². The van der Waals surface area contributed by atoms with Crippen LogP contribution in [0.3, 0.4) is 0 Å². The number of nitrogens with zero attached hydrogens (tertiary/aromatic N) is 2. The number of para-hydroxylation sites is 2. The highest BCUT2D eigenvalue weighted by atomic mass is 15.0. The van der Waals surface area contributed by atoms with Gasteiger partial charge in [0.1, 0.15) is 0 Å². The number of hydrogen-bond acceptors (Lipinski definition) is 0. The van der Waals surface area contributed by atoms with E-state index in [4.69, 9.17) is 0 Å². The zero-order valence-electron chi connectivity index (χ0n) is 24.3. The molecule has 2 aromatic heterocycles. The van der Waals surface area contributed by atoms with Crippen molar-refractivity contribution in [1.82, 2.24) is 9.13 Å². The van der Waals surface area contributed by atoms with Crippen molar-refractivity contribution in [3.63, 3.8) is 0 Å². The van der Waals surface area contributed by atoms with Gasteiger partial charge in [-0.15, -0.1) is 0 Å². The van der Waals surface area contributed by atoms with Crippen LogP contribution in [0, 0.1) is 0 Å². The van der Waals surface area contributed by atoms with Gasteiger partial charge in [0.05, 0.1) is 22.6 Å². The Labute approximate surface area is 256 Å². The maximum absolute atomic E-state index is 2.56. The second-order valence-electron chi connectivity index (χ2n) is 11.7. The summed E-state index contributed by atoms with van der Waals surface area (Å²) in [6.45, 7) is 0. The minimum atomic E-state index is 0.251. The first-order chi connectivity index (χ1) is 21.8. The van der Waals surface area contributed by atoms with E-state index in [1.807, 2.05) is 0 Å². The van der Waals surface area contributed by atoms with E-state index < -0.39 is 0 Å². The largest absolute Gasteiger partial charge is 0.333 e. The van der Waals surface area contributed by atoms with Crippen molar-refractivity contribution >= 4 is 49.2 Å². The fraction of sp³-hybridized carbons (Fsp3) is 0.0476. The standard InChI is InChI=1S/C42H30N2/c1-3-11-29(12-4-1)31-19-23-33(24-20-31)43-37-17-9-7-15-35(37)41-39(43)27-28-40-42(41)36-16-8-10-18-38(36)44(40)34-25-21-32(22-26-34)30-13-5-2-6-14-30/h1-25,27-28,34H,26H2. The first-order valence-electron chi connectivity index (χ1n) is 15.4. The second-order valence-corrected chi connectivity index (χ2v) is 11.7. The number of fused-ring (bicyclic) bond motifs is 7. The lowest BCUT2D eigenvalue weighted by Crippen LogP contribution is -2.08. The molecule has 9 rings (SSSR count). The smallest absolute Gasteiger partial charge is 0.0560 e. The Bertz CT molecular complexity index is 2380. The number of hydrogen-bond donors (Lipinski definition) is 0. The molecule has 0 saturated carbocycles. The quantitative estimate of drug-likeness (QED) is 0.202. The van der Waals surface area contributed by atoms with Gasteiger partial charge in [0.2, 0.25) is 0 Å². The lowest BCUT2D eigenvalue weighted by Gasteiger charge is -2.21. The van der Waals surface area contributed by atoms with E-state index in [0.717, 1.165) is 6.42 Å². The van der Waals surface area contributed by atoms with Crippen molar-refractivity contribution in [2.45, 2.75) is 12.5 Å². The van der Waals surface area contributed by atoms with Gasteiger partial charge >= 0.3 is 0 Å². The van der Waals surface area contributed by atoms with Crippen LogP contribution in [0.4, 0.5) is 0 Å². The Hall–Kier alpha value is -5.60. The van der Waals surface area contributed by atoms with Crippen molar-refractivity contribution in [2.75, 3.05) is 0 Å². The molecule has 0 bridgehead atoms. The molecule has 2 heteroatoms. The molecule has 6 aromatic carbocycles. The van der Waals surface area contributed by atoms with Crippen LogP contribution in [0.2, 0.25) is 0 Å². The molecule has 2 nitrogen and oxygen atoms in total. The molecule has 0 N–H and O–H groups in total. The van der Waals surface area contributed by atoms with Gasteiger partial charge in [-0.3, -0.25) is 0 Å². The Morgan fingerprint density at radius 1 is 0.455 bits per heavy atom. The maximum atomic E-state index is 2.56. The Kier molecular flexibility index (Phi) is 5.67. The molecule has 0 amide bonds. The molecule has 0 fully saturated rings. The summed E-state index contributed by atoms with van der Waals surface area (Å²) in [5, 5.41) is 5.25. The molecule has 2 heterocycles. The van der Waals surface area contributed by atoms with Gasteiger partial charge in [-0.25, -0.2) is 0 Å². The minimum Gasteiger partial charge on any atom is -0.333 e. The summed E-state index contributed by atoms with van der Waals surface area (Å²) < 4.78 is 4.99. The van der Waals surface area contributed by atoms with Gasteiger partial charge in [0, 0.05) is 32.7 Å². The number of aromatic nitrogens is 2. The lowest BCUT2D eigenvalue weighted by molar-refractivity contribution is 0.649. The number of allylic oxidation sites excluding steroid dienone is 4. The van der Waals surface area contributed by atoms with Crippen molar-refractivity contribution in [3.05, 3.63) is 169 Å². The van der Waals surface area contributed by atoms with Crippen LogP contribution in [-0.4, -0.2) is 9.13 Å². The average molecular weight is 563 g/mol. The molecule has 1 aliphatic carbocycles. The molecule has 0 saturated heterocycles. The van der Waals surface area contributed by atoms with E-state index in [1.54, 1.807) is 0 Å². The summed E-state index contributed by atoms with van der Waals surface area (Å²) in [6, 6.07) is 53.0. The van der Waals surface area contributed by atoms with Crippen LogP contribution < -0.4 is 0 Å². The molecule has 0 aliphatic heterocycles. The van der Waals surface area contributed by atoms with Crippen LogP contribution in [0.5, 0.6) is 0 Å². The molecule has 8 aromatic rings. The third-order valence-electron chi connectivity index (χ3n) is 9.26. The first kappa shape index (κ1) is 24.9. The highest BCUT2D eigenvalue weighted by Crippen LogP contribution is 2.43. The van der Waals surface area contributed by atoms with E-state index >= 15 is 0 Å². The summed E-state index contributed by atoms with van der Waals surface area (Å²) >= 11 is 0. The maximum Gasteiger partial charge on any atom is 0.0560 e. The van der Waals surface area contributed by atoms with Crippen LogP contribution in [0.15, 0.2) is 164 Å². The fourth-order valence-electron chi connectivity index (χ4n) is 7.26. The fourth-order valence-corrected chi connectivity index (χ4v) is 7.26. The lowest BCUT2D eigenvalue weighted by atomic mass is 9.97. The molecule has 44 heavy (non-hydrogen) atoms. The predicted molar refractivity (Wildman–Crippen MR) is 186 cm³/mol. The van der Waals surface area contributed by atoms with Gasteiger partial charge in [0.25, 0.3) is 0 Å². The number of rotatable bonds is 4. The molecule has 0 spiro atoms. The molecule has 1 unspecified atom stereocenters. The van der Waals surface area contributed by atoms with E-state index in [1.165, 1.54) is 71.6 Å². The van der Waals surface area contributed by atoms with E-state index in [-0.39, 0.29) is 6.04 Å². The normalized spacial score (nSPS) is 15.0. The summed E-state index contributed by atoms with van der Waals surface area (Å²) in [4.78, 5) is 0. The molecule has 208 valence electrons. The van der Waals surface area contributed by atoms with Gasteiger partial charge in [0.15, 0.2) is 0 Å². The van der Waals surface area contributed by atoms with Crippen LogP contribution in [0.25, 0.3) is 66.0 Å². The third kappa shape index (κ3) is 3.81. The van der Waals surface area contributed by atoms with Gasteiger partial charge < -0.3 is 9.13 Å². The summed E-state index contributed by atoms with van der Waals surface area (Å²) in [5.41, 5.74) is 11.2. The monoisotopic (exact) mass is 562 g/mol. The minimum absolute atomic E-state index is 0.251. The Morgan fingerprint density at radius 2 is 1.02 bits per heavy atom. The van der Waals surface area contributed by atoms with E-state index in [9.17, 15) is 0 Å². The molecular weight excluding hydrogens is 532 g/mol. The topological polar surface area (TPSA) is 9.86 Å². The zero-order valence-corrected chi connectivity index (χ0v) is 24.3. The third-order valence-corrected chi connectivity index (χ3v) is 9.26. The van der Waals surface area contributed by atoms with E-state index in [0.29, 0.717) is 0 Å². The molecule has 0 radical (unpaired) electrons. The molecule has 1 aliphatic rings. The molecular formula is C42H30N2. The highest BCUT2D eigenvalue weighted by Gasteiger charge is 2.22. The van der Waals surface area contributed by atoms with E-state index in [2.05, 4.69) is 173 Å². The van der Waals surface area contributed by atoms with Crippen LogP contribution in [0.1, 0.15) is 18.0 Å². The van der Waals surface area contributed by atoms with Crippen molar-refractivity contribution in [1.29, 1.82) is 0 Å². The zero-order chi connectivity index (χ0) is 29.0. The summed E-state index contributed by atoms with van der Waals surface area (Å²) in [7, 11) is 0. The average Bonchev–Trinajstić information content (AvgIpc) is 3.62. The second kappa shape index (κ2) is 10.00. The predicted octanol–water partition coefficient (Wildman–Crippen LogP) is 11.1. The van der Waals surface area contributed by atoms with Crippen molar-refractivity contribution in [3.8, 4) is 16.8 Å². The summed E-state index contributed by atoms with van der Waals surface area (Å²) in [5.74, 6) is 0. The highest BCUT2D eigenvalue weighted by molar-refractivity contribution is 6.28. The Balaban J connectivity index is 1.25. The van der Waals surface area contributed by atoms with Gasteiger partial charge in [-0.2, -0.15) is 0 Å². The van der Waals surface area contributed by atoms with Crippen LogP contribution in [-0.2, 0) is 0 Å². The SMILES string of the molecule is C1=CC(n2c3ccccc3c3c4c5ccccc5n(-c5ccc(-c6ccccc6)cc5)c4ccc32)CC=C1c1ccccc1. The van der Waals surface area contributed by atoms with Crippen molar-refractivity contribution in [2.24, 2.45) is 0 Å².